The zero-order valence-corrected chi connectivity index (χ0v) is 11.8. The molecule has 0 saturated heterocycles. The highest BCUT2D eigenvalue weighted by molar-refractivity contribution is 5.70. The summed E-state index contributed by atoms with van der Waals surface area (Å²) in [5, 5.41) is 0. The maximum Gasteiger partial charge on any atom is 0.410 e. The topological polar surface area (TPSA) is 29.5 Å². The largest absolute Gasteiger partial charge is 0.453 e. The number of methoxy groups -OCH3 is 1. The minimum atomic E-state index is -0.441. The second kappa shape index (κ2) is 5.56. The smallest absolute Gasteiger partial charge is 0.410 e. The van der Waals surface area contributed by atoms with Crippen LogP contribution in [0.25, 0.3) is 0 Å². The van der Waals surface area contributed by atoms with Gasteiger partial charge in [0.05, 0.1) is 13.2 Å². The SMILES string of the molecule is COC(=O)N1CCc2ccccc2C1c1ccccc1F. The number of halogens is 1. The summed E-state index contributed by atoms with van der Waals surface area (Å²) in [7, 11) is 1.35. The first kappa shape index (κ1) is 13.6. The Morgan fingerprint density at radius 1 is 1.14 bits per heavy atom. The van der Waals surface area contributed by atoms with Crippen LogP contribution in [-0.4, -0.2) is 24.6 Å². The molecule has 1 unspecified atom stereocenters. The average Bonchev–Trinajstić information content (AvgIpc) is 2.54. The fourth-order valence-corrected chi connectivity index (χ4v) is 2.91. The summed E-state index contributed by atoms with van der Waals surface area (Å²) in [6, 6.07) is 14.0. The molecular formula is C17H16FNO2. The van der Waals surface area contributed by atoms with Crippen LogP contribution in [0.1, 0.15) is 22.7 Å². The lowest BCUT2D eigenvalue weighted by Crippen LogP contribution is -2.40. The molecule has 0 fully saturated rings. The summed E-state index contributed by atoms with van der Waals surface area (Å²) in [5.74, 6) is -0.312. The van der Waals surface area contributed by atoms with E-state index in [1.807, 2.05) is 24.3 Å². The summed E-state index contributed by atoms with van der Waals surface area (Å²) < 4.78 is 19.1. The van der Waals surface area contributed by atoms with Crippen molar-refractivity contribution in [2.24, 2.45) is 0 Å². The van der Waals surface area contributed by atoms with E-state index >= 15 is 0 Å². The molecule has 0 aromatic heterocycles. The highest BCUT2D eigenvalue weighted by Gasteiger charge is 2.33. The monoisotopic (exact) mass is 285 g/mol. The van der Waals surface area contributed by atoms with Gasteiger partial charge in [-0.15, -0.1) is 0 Å². The van der Waals surface area contributed by atoms with Crippen LogP contribution in [0.3, 0.4) is 0 Å². The summed E-state index contributed by atoms with van der Waals surface area (Å²) in [5.41, 5.74) is 2.60. The van der Waals surface area contributed by atoms with Gasteiger partial charge in [-0.2, -0.15) is 0 Å². The Balaban J connectivity index is 2.15. The van der Waals surface area contributed by atoms with Crippen molar-refractivity contribution in [3.05, 3.63) is 71.0 Å². The third-order valence-corrected chi connectivity index (χ3v) is 3.89. The molecule has 0 radical (unpaired) electrons. The van der Waals surface area contributed by atoms with Gasteiger partial charge < -0.3 is 4.74 Å². The lowest BCUT2D eigenvalue weighted by Gasteiger charge is -2.36. The molecule has 1 amide bonds. The van der Waals surface area contributed by atoms with Crippen LogP contribution in [0.2, 0.25) is 0 Å². The van der Waals surface area contributed by atoms with Crippen LogP contribution in [0.5, 0.6) is 0 Å². The van der Waals surface area contributed by atoms with E-state index in [1.165, 1.54) is 13.2 Å². The number of hydrogen-bond acceptors (Lipinski definition) is 2. The first-order valence-corrected chi connectivity index (χ1v) is 6.89. The highest BCUT2D eigenvalue weighted by atomic mass is 19.1. The van der Waals surface area contributed by atoms with Gasteiger partial charge in [0.25, 0.3) is 0 Å². The first-order valence-electron chi connectivity index (χ1n) is 6.89. The van der Waals surface area contributed by atoms with Crippen molar-refractivity contribution in [1.29, 1.82) is 0 Å². The number of benzene rings is 2. The van der Waals surface area contributed by atoms with Gasteiger partial charge in [-0.25, -0.2) is 9.18 Å². The van der Waals surface area contributed by atoms with Crippen LogP contribution in [0.15, 0.2) is 48.5 Å². The van der Waals surface area contributed by atoms with E-state index in [0.29, 0.717) is 12.1 Å². The normalized spacial score (nSPS) is 17.2. The van der Waals surface area contributed by atoms with E-state index in [0.717, 1.165) is 17.5 Å². The molecule has 108 valence electrons. The fourth-order valence-electron chi connectivity index (χ4n) is 2.91. The molecule has 0 aliphatic carbocycles. The summed E-state index contributed by atoms with van der Waals surface area (Å²) in [6.45, 7) is 0.517. The Morgan fingerprint density at radius 2 is 1.81 bits per heavy atom. The molecule has 2 aromatic carbocycles. The quantitative estimate of drug-likeness (QED) is 0.802. The number of carbonyl (C=O) groups is 1. The molecule has 1 aliphatic heterocycles. The predicted molar refractivity (Wildman–Crippen MR) is 77.5 cm³/mol. The molecule has 3 nitrogen and oxygen atoms in total. The van der Waals surface area contributed by atoms with Gasteiger partial charge in [0.2, 0.25) is 0 Å². The van der Waals surface area contributed by atoms with Gasteiger partial charge in [0.1, 0.15) is 5.82 Å². The number of fused-ring (bicyclic) bond motifs is 1. The van der Waals surface area contributed by atoms with Crippen molar-refractivity contribution in [3.63, 3.8) is 0 Å². The van der Waals surface area contributed by atoms with Gasteiger partial charge >= 0.3 is 6.09 Å². The summed E-state index contributed by atoms with van der Waals surface area (Å²) in [6.07, 6.45) is 0.314. The highest BCUT2D eigenvalue weighted by Crippen LogP contribution is 2.36. The molecule has 0 saturated carbocycles. The summed E-state index contributed by atoms with van der Waals surface area (Å²) >= 11 is 0. The maximum absolute atomic E-state index is 14.2. The first-order chi connectivity index (χ1) is 10.2. The fraction of sp³-hybridized carbons (Fsp3) is 0.235. The Hall–Kier alpha value is -2.36. The molecule has 0 spiro atoms. The lowest BCUT2D eigenvalue weighted by atomic mass is 9.88. The van der Waals surface area contributed by atoms with Crippen LogP contribution >= 0.6 is 0 Å². The molecule has 1 heterocycles. The molecule has 4 heteroatoms. The van der Waals surface area contributed by atoms with Gasteiger partial charge in [0, 0.05) is 12.1 Å². The Morgan fingerprint density at radius 3 is 2.52 bits per heavy atom. The Labute approximate surface area is 123 Å². The average molecular weight is 285 g/mol. The van der Waals surface area contributed by atoms with Crippen molar-refractivity contribution in [1.82, 2.24) is 4.90 Å². The Bertz CT molecular complexity index is 671. The van der Waals surface area contributed by atoms with Gasteiger partial charge in [-0.1, -0.05) is 42.5 Å². The molecule has 1 aliphatic rings. The molecule has 0 bridgehead atoms. The number of carbonyl (C=O) groups excluding carboxylic acids is 1. The zero-order valence-electron chi connectivity index (χ0n) is 11.8. The Kier molecular flexibility index (Phi) is 3.60. The van der Waals surface area contributed by atoms with E-state index in [2.05, 4.69) is 0 Å². The predicted octanol–water partition coefficient (Wildman–Crippen LogP) is 3.54. The van der Waals surface area contributed by atoms with Crippen molar-refractivity contribution < 1.29 is 13.9 Å². The second-order valence-electron chi connectivity index (χ2n) is 5.04. The van der Waals surface area contributed by atoms with Crippen molar-refractivity contribution >= 4 is 6.09 Å². The summed E-state index contributed by atoms with van der Waals surface area (Å²) in [4.78, 5) is 13.6. The molecule has 2 aromatic rings. The number of hydrogen-bond donors (Lipinski definition) is 0. The molecule has 1 atom stereocenters. The minimum absolute atomic E-state index is 0.312. The molecule has 21 heavy (non-hydrogen) atoms. The third-order valence-electron chi connectivity index (χ3n) is 3.89. The van der Waals surface area contributed by atoms with E-state index in [4.69, 9.17) is 4.74 Å². The van der Waals surface area contributed by atoms with E-state index in [-0.39, 0.29) is 5.82 Å². The van der Waals surface area contributed by atoms with Crippen molar-refractivity contribution in [2.45, 2.75) is 12.5 Å². The van der Waals surface area contributed by atoms with Crippen molar-refractivity contribution in [2.75, 3.05) is 13.7 Å². The number of amides is 1. The standard InChI is InChI=1S/C17H16FNO2/c1-21-17(20)19-11-10-12-6-2-3-7-13(12)16(19)14-8-4-5-9-15(14)18/h2-9,16H,10-11H2,1H3. The minimum Gasteiger partial charge on any atom is -0.453 e. The third kappa shape index (κ3) is 2.37. The van der Waals surface area contributed by atoms with E-state index in [1.54, 1.807) is 23.1 Å². The number of rotatable bonds is 1. The van der Waals surface area contributed by atoms with Gasteiger partial charge in [-0.3, -0.25) is 4.90 Å². The number of ether oxygens (including phenoxy) is 1. The van der Waals surface area contributed by atoms with E-state index < -0.39 is 12.1 Å². The number of nitrogens with zero attached hydrogens (tertiary/aromatic N) is 1. The lowest BCUT2D eigenvalue weighted by molar-refractivity contribution is 0.108. The van der Waals surface area contributed by atoms with Crippen LogP contribution in [0.4, 0.5) is 9.18 Å². The van der Waals surface area contributed by atoms with Crippen molar-refractivity contribution in [3.8, 4) is 0 Å². The van der Waals surface area contributed by atoms with Gasteiger partial charge in [0.15, 0.2) is 0 Å². The van der Waals surface area contributed by atoms with E-state index in [9.17, 15) is 9.18 Å². The van der Waals surface area contributed by atoms with Crippen LogP contribution in [0, 0.1) is 5.82 Å². The molecular weight excluding hydrogens is 269 g/mol. The van der Waals surface area contributed by atoms with Crippen LogP contribution in [-0.2, 0) is 11.2 Å². The maximum atomic E-state index is 14.2. The molecule has 3 rings (SSSR count). The van der Waals surface area contributed by atoms with Gasteiger partial charge in [-0.05, 0) is 23.6 Å². The van der Waals surface area contributed by atoms with Crippen LogP contribution < -0.4 is 0 Å². The zero-order chi connectivity index (χ0) is 14.8. The second-order valence-corrected chi connectivity index (χ2v) is 5.04. The molecule has 0 N–H and O–H groups in total.